The zero-order valence-electron chi connectivity index (χ0n) is 9.66. The van der Waals surface area contributed by atoms with E-state index in [1.807, 2.05) is 30.5 Å². The third-order valence-electron chi connectivity index (χ3n) is 2.64. The van der Waals surface area contributed by atoms with Gasteiger partial charge >= 0.3 is 0 Å². The van der Waals surface area contributed by atoms with Gasteiger partial charge < -0.3 is 0 Å². The molecule has 0 aliphatic heterocycles. The molecule has 0 nitrogen and oxygen atoms in total. The van der Waals surface area contributed by atoms with Gasteiger partial charge in [-0.2, -0.15) is 0 Å². The quantitative estimate of drug-likeness (QED) is 0.553. The first kappa shape index (κ1) is 13.7. The molecule has 0 aliphatic carbocycles. The van der Waals surface area contributed by atoms with E-state index in [-0.39, 0.29) is 5.82 Å². The smallest absolute Gasteiger partial charge is 0.168 e. The number of hydrogen-bond acceptors (Lipinski definition) is 1. The molecule has 0 bridgehead atoms. The summed E-state index contributed by atoms with van der Waals surface area (Å²) in [6.07, 6.45) is 2.00. The Morgan fingerprint density at radius 3 is 2.22 bits per heavy atom. The predicted molar refractivity (Wildman–Crippen MR) is 77.1 cm³/mol. The van der Waals surface area contributed by atoms with Crippen LogP contribution in [0.5, 0.6) is 0 Å². The van der Waals surface area contributed by atoms with Gasteiger partial charge in [0, 0.05) is 4.90 Å². The Labute approximate surface area is 120 Å². The van der Waals surface area contributed by atoms with Crippen LogP contribution in [0.3, 0.4) is 0 Å². The summed E-state index contributed by atoms with van der Waals surface area (Å²) < 4.78 is 12.0. The Bertz CT molecular complexity index is 538. The van der Waals surface area contributed by atoms with E-state index in [4.69, 9.17) is 23.2 Å². The van der Waals surface area contributed by atoms with Crippen LogP contribution < -0.4 is 0 Å². The average Bonchev–Trinajstić information content (AvgIpc) is 2.39. The lowest BCUT2D eigenvalue weighted by Crippen LogP contribution is -2.12. The van der Waals surface area contributed by atoms with E-state index in [1.165, 1.54) is 12.1 Å². The summed E-state index contributed by atoms with van der Waals surface area (Å²) in [7, 11) is 0. The van der Waals surface area contributed by atoms with Gasteiger partial charge in [-0.15, -0.1) is 11.8 Å². The van der Waals surface area contributed by atoms with Gasteiger partial charge in [0.05, 0.1) is 0 Å². The molecule has 0 N–H and O–H groups in total. The van der Waals surface area contributed by atoms with Crippen molar-refractivity contribution in [3.63, 3.8) is 0 Å². The van der Waals surface area contributed by atoms with Gasteiger partial charge in [0.25, 0.3) is 0 Å². The maximum atomic E-state index is 13.2. The second kappa shape index (κ2) is 5.52. The van der Waals surface area contributed by atoms with Crippen molar-refractivity contribution < 1.29 is 4.39 Å². The largest absolute Gasteiger partial charge is 0.207 e. The van der Waals surface area contributed by atoms with Crippen LogP contribution in [0.4, 0.5) is 4.39 Å². The molecule has 0 heterocycles. The van der Waals surface area contributed by atoms with E-state index in [1.54, 1.807) is 23.9 Å². The zero-order valence-corrected chi connectivity index (χ0v) is 12.0. The van der Waals surface area contributed by atoms with Gasteiger partial charge in [0.15, 0.2) is 4.33 Å². The summed E-state index contributed by atoms with van der Waals surface area (Å²) in [4.78, 5) is 1.13. The Kier molecular flexibility index (Phi) is 4.21. The molecule has 4 heteroatoms. The van der Waals surface area contributed by atoms with Gasteiger partial charge in [0.2, 0.25) is 0 Å². The lowest BCUT2D eigenvalue weighted by atomic mass is 10.0. The maximum absolute atomic E-state index is 13.2. The second-order valence-corrected chi connectivity index (χ2v) is 6.02. The molecule has 0 atom stereocenters. The van der Waals surface area contributed by atoms with E-state index in [0.29, 0.717) is 5.56 Å². The number of alkyl halides is 2. The normalized spacial score (nSPS) is 11.6. The molecule has 0 fully saturated rings. The summed E-state index contributed by atoms with van der Waals surface area (Å²) >= 11 is 14.3. The summed E-state index contributed by atoms with van der Waals surface area (Å²) in [5.41, 5.74) is 1.26. The SMILES string of the molecule is CSc1ccc(C(Cl)(Cl)c2cccc(F)c2)cc1. The van der Waals surface area contributed by atoms with Gasteiger partial charge in [-0.1, -0.05) is 47.5 Å². The minimum absolute atomic E-state index is 0.348. The van der Waals surface area contributed by atoms with Crippen LogP contribution in [0.15, 0.2) is 53.4 Å². The summed E-state index contributed by atoms with van der Waals surface area (Å²) in [5, 5.41) is 0. The van der Waals surface area contributed by atoms with E-state index in [0.717, 1.165) is 10.5 Å². The topological polar surface area (TPSA) is 0 Å². The molecule has 0 radical (unpaired) electrons. The van der Waals surface area contributed by atoms with Crippen molar-refractivity contribution in [3.8, 4) is 0 Å². The highest BCUT2D eigenvalue weighted by Gasteiger charge is 2.29. The van der Waals surface area contributed by atoms with Crippen molar-refractivity contribution in [2.75, 3.05) is 6.26 Å². The van der Waals surface area contributed by atoms with Crippen LogP contribution in [0.1, 0.15) is 11.1 Å². The molecule has 18 heavy (non-hydrogen) atoms. The highest BCUT2D eigenvalue weighted by molar-refractivity contribution is 7.98. The monoisotopic (exact) mass is 300 g/mol. The van der Waals surface area contributed by atoms with Crippen molar-refractivity contribution in [2.45, 2.75) is 9.23 Å². The van der Waals surface area contributed by atoms with Crippen molar-refractivity contribution in [3.05, 3.63) is 65.5 Å². The summed E-state index contributed by atoms with van der Waals surface area (Å²) in [6, 6.07) is 13.6. The number of benzene rings is 2. The van der Waals surface area contributed by atoms with Crippen molar-refractivity contribution in [1.29, 1.82) is 0 Å². The summed E-state index contributed by atoms with van der Waals surface area (Å²) in [5.74, 6) is -0.348. The van der Waals surface area contributed by atoms with E-state index in [2.05, 4.69) is 0 Å². The fourth-order valence-corrected chi connectivity index (χ4v) is 2.55. The van der Waals surface area contributed by atoms with Crippen LogP contribution >= 0.6 is 35.0 Å². The second-order valence-electron chi connectivity index (χ2n) is 3.81. The molecule has 0 saturated carbocycles. The predicted octanol–water partition coefficient (Wildman–Crippen LogP) is 5.23. The van der Waals surface area contributed by atoms with E-state index >= 15 is 0 Å². The standard InChI is InChI=1S/C14H11Cl2FS/c1-18-13-7-5-10(6-8-13)14(15,16)11-3-2-4-12(17)9-11/h2-9H,1H3. The number of halogens is 3. The van der Waals surface area contributed by atoms with Crippen molar-refractivity contribution in [2.24, 2.45) is 0 Å². The van der Waals surface area contributed by atoms with Gasteiger partial charge in [-0.25, -0.2) is 4.39 Å². The maximum Gasteiger partial charge on any atom is 0.168 e. The molecule has 2 aromatic carbocycles. The zero-order chi connectivity index (χ0) is 13.2. The first-order valence-corrected chi connectivity index (χ1v) is 7.30. The molecule has 0 amide bonds. The number of hydrogen-bond donors (Lipinski definition) is 0. The minimum atomic E-state index is -1.24. The number of thioether (sulfide) groups is 1. The average molecular weight is 301 g/mol. The number of rotatable bonds is 3. The van der Waals surface area contributed by atoms with Crippen LogP contribution in [0.25, 0.3) is 0 Å². The van der Waals surface area contributed by atoms with Crippen LogP contribution in [-0.2, 0) is 4.33 Å². The highest BCUT2D eigenvalue weighted by Crippen LogP contribution is 2.41. The molecule has 0 aliphatic rings. The Balaban J connectivity index is 2.40. The van der Waals surface area contributed by atoms with Crippen molar-refractivity contribution in [1.82, 2.24) is 0 Å². The van der Waals surface area contributed by atoms with Gasteiger partial charge in [-0.05, 0) is 41.6 Å². The molecule has 0 aromatic heterocycles. The first-order valence-electron chi connectivity index (χ1n) is 5.32. The van der Waals surface area contributed by atoms with Gasteiger partial charge in [0.1, 0.15) is 5.82 Å². The van der Waals surface area contributed by atoms with Crippen LogP contribution in [0, 0.1) is 5.82 Å². The third kappa shape index (κ3) is 2.82. The third-order valence-corrected chi connectivity index (χ3v) is 4.26. The molecular weight excluding hydrogens is 290 g/mol. The Morgan fingerprint density at radius 1 is 1.00 bits per heavy atom. The fraction of sp³-hybridized carbons (Fsp3) is 0.143. The molecule has 0 unspecified atom stereocenters. The Morgan fingerprint density at radius 2 is 1.67 bits per heavy atom. The lowest BCUT2D eigenvalue weighted by molar-refractivity contribution is 0.625. The minimum Gasteiger partial charge on any atom is -0.207 e. The van der Waals surface area contributed by atoms with E-state index < -0.39 is 4.33 Å². The summed E-state index contributed by atoms with van der Waals surface area (Å²) in [6.45, 7) is 0. The van der Waals surface area contributed by atoms with Gasteiger partial charge in [-0.3, -0.25) is 0 Å². The molecule has 2 aromatic rings. The molecule has 94 valence electrons. The highest BCUT2D eigenvalue weighted by atomic mass is 35.5. The molecular formula is C14H11Cl2FS. The fourth-order valence-electron chi connectivity index (χ4n) is 1.65. The molecule has 2 rings (SSSR count). The van der Waals surface area contributed by atoms with Crippen LogP contribution in [0.2, 0.25) is 0 Å². The van der Waals surface area contributed by atoms with E-state index in [9.17, 15) is 4.39 Å². The van der Waals surface area contributed by atoms with Crippen molar-refractivity contribution >= 4 is 35.0 Å². The molecule has 0 spiro atoms. The van der Waals surface area contributed by atoms with Crippen LogP contribution in [-0.4, -0.2) is 6.26 Å². The lowest BCUT2D eigenvalue weighted by Gasteiger charge is -2.21. The molecule has 0 saturated heterocycles. The first-order chi connectivity index (χ1) is 8.54. The Hall–Kier alpha value is -0.700.